The van der Waals surface area contributed by atoms with Crippen molar-refractivity contribution in [3.05, 3.63) is 0 Å². The van der Waals surface area contributed by atoms with E-state index in [2.05, 4.69) is 0 Å². The highest BCUT2D eigenvalue weighted by molar-refractivity contribution is 7.92. The molecule has 2 fully saturated rings. The fourth-order valence-corrected chi connectivity index (χ4v) is 4.02. The molecule has 0 aromatic carbocycles. The third kappa shape index (κ3) is 3.11. The molecule has 21 heavy (non-hydrogen) atoms. The van der Waals surface area contributed by atoms with Gasteiger partial charge in [-0.1, -0.05) is 12.8 Å². The molecule has 1 aliphatic heterocycles. The average Bonchev–Trinajstić information content (AvgIpc) is 2.85. The third-order valence-corrected chi connectivity index (χ3v) is 7.31. The van der Waals surface area contributed by atoms with Crippen LogP contribution in [0.25, 0.3) is 0 Å². The van der Waals surface area contributed by atoms with Crippen LogP contribution >= 0.6 is 0 Å². The van der Waals surface area contributed by atoms with Crippen molar-refractivity contribution in [3.8, 4) is 0 Å². The fourth-order valence-electron chi connectivity index (χ4n) is 3.58. The smallest absolute Gasteiger partial charge is 0.243 e. The Morgan fingerprint density at radius 2 is 1.76 bits per heavy atom. The van der Waals surface area contributed by atoms with Crippen molar-refractivity contribution in [2.75, 3.05) is 12.8 Å². The molecule has 2 aliphatic rings. The molecule has 1 saturated carbocycles. The van der Waals surface area contributed by atoms with Gasteiger partial charge in [-0.3, -0.25) is 4.79 Å². The van der Waals surface area contributed by atoms with E-state index < -0.39 is 14.6 Å². The largest absolute Gasteiger partial charge is 0.393 e. The lowest BCUT2D eigenvalue weighted by molar-refractivity contribution is -0.136. The van der Waals surface area contributed by atoms with Crippen LogP contribution in [0.2, 0.25) is 0 Å². The first-order chi connectivity index (χ1) is 9.66. The monoisotopic (exact) mass is 317 g/mol. The summed E-state index contributed by atoms with van der Waals surface area (Å²) in [6.07, 6.45) is 6.34. The molecule has 2 rings (SSSR count). The van der Waals surface area contributed by atoms with Gasteiger partial charge in [-0.2, -0.15) is 0 Å². The summed E-state index contributed by atoms with van der Waals surface area (Å²) in [6.45, 7) is 3.57. The van der Waals surface area contributed by atoms with Crippen LogP contribution in [0.5, 0.6) is 0 Å². The summed E-state index contributed by atoms with van der Waals surface area (Å²) in [5.41, 5.74) is 0. The number of rotatable bonds is 3. The Kier molecular flexibility index (Phi) is 4.69. The molecule has 0 bridgehead atoms. The number of carbonyl (C=O) groups excluding carboxylic acids is 1. The zero-order valence-electron chi connectivity index (χ0n) is 13.2. The van der Waals surface area contributed by atoms with Crippen LogP contribution in [-0.2, 0) is 14.6 Å². The summed E-state index contributed by atoms with van der Waals surface area (Å²) in [7, 11) is -3.46. The maximum Gasteiger partial charge on any atom is 0.243 e. The van der Waals surface area contributed by atoms with Crippen LogP contribution in [-0.4, -0.2) is 54.0 Å². The van der Waals surface area contributed by atoms with Crippen LogP contribution < -0.4 is 0 Å². The van der Waals surface area contributed by atoms with E-state index in [1.54, 1.807) is 4.90 Å². The zero-order chi connectivity index (χ0) is 15.8. The Bertz CT molecular complexity index is 500. The molecular formula is C15H27NO4S. The second-order valence-electron chi connectivity index (χ2n) is 7.01. The Morgan fingerprint density at radius 1 is 1.14 bits per heavy atom. The molecule has 6 heteroatoms. The van der Waals surface area contributed by atoms with E-state index in [1.807, 2.05) is 0 Å². The minimum Gasteiger partial charge on any atom is -0.393 e. The molecule has 1 heterocycles. The van der Waals surface area contributed by atoms with E-state index in [0.717, 1.165) is 44.8 Å². The van der Waals surface area contributed by atoms with Gasteiger partial charge >= 0.3 is 0 Å². The summed E-state index contributed by atoms with van der Waals surface area (Å²) < 4.78 is 22.4. The predicted octanol–water partition coefficient (Wildman–Crippen LogP) is 1.35. The van der Waals surface area contributed by atoms with E-state index >= 15 is 0 Å². The lowest BCUT2D eigenvalue weighted by Gasteiger charge is -2.39. The van der Waals surface area contributed by atoms with Gasteiger partial charge in [-0.25, -0.2) is 8.42 Å². The van der Waals surface area contributed by atoms with Crippen molar-refractivity contribution in [1.29, 1.82) is 0 Å². The highest BCUT2D eigenvalue weighted by Crippen LogP contribution is 2.36. The SMILES string of the molecule is CC(C)(C(=O)N1CCCC1C1CCCCC1O)S(C)(=O)=O. The number of hydrogen-bond acceptors (Lipinski definition) is 4. The normalized spacial score (nSPS) is 31.4. The van der Waals surface area contributed by atoms with E-state index in [1.165, 1.54) is 13.8 Å². The van der Waals surface area contributed by atoms with Crippen LogP contribution in [0.4, 0.5) is 0 Å². The summed E-state index contributed by atoms with van der Waals surface area (Å²) in [6, 6.07) is -0.00572. The molecule has 0 aromatic rings. The van der Waals surface area contributed by atoms with Crippen molar-refractivity contribution in [3.63, 3.8) is 0 Å². The van der Waals surface area contributed by atoms with E-state index in [-0.39, 0.29) is 24.0 Å². The number of amides is 1. The standard InChI is InChI=1S/C15H27NO4S/c1-15(2,21(3,19)20)14(18)16-10-6-8-12(16)11-7-4-5-9-13(11)17/h11-13,17H,4-10H2,1-3H3. The van der Waals surface area contributed by atoms with Gasteiger partial charge in [0.05, 0.1) is 6.10 Å². The molecule has 5 nitrogen and oxygen atoms in total. The Labute approximate surface area is 127 Å². The van der Waals surface area contributed by atoms with E-state index in [4.69, 9.17) is 0 Å². The highest BCUT2D eigenvalue weighted by Gasteiger charge is 2.47. The number of hydrogen-bond donors (Lipinski definition) is 1. The van der Waals surface area contributed by atoms with Crippen LogP contribution in [0.15, 0.2) is 0 Å². The molecular weight excluding hydrogens is 290 g/mol. The third-order valence-electron chi connectivity index (χ3n) is 5.28. The number of carbonyl (C=O) groups is 1. The Morgan fingerprint density at radius 3 is 2.33 bits per heavy atom. The van der Waals surface area contributed by atoms with Gasteiger partial charge in [-0.05, 0) is 39.5 Å². The van der Waals surface area contributed by atoms with Crippen molar-refractivity contribution in [2.45, 2.75) is 69.3 Å². The maximum absolute atomic E-state index is 12.7. The van der Waals surface area contributed by atoms with Crippen molar-refractivity contribution in [2.24, 2.45) is 5.92 Å². The first-order valence-corrected chi connectivity index (χ1v) is 9.74. The van der Waals surface area contributed by atoms with Gasteiger partial charge in [0, 0.05) is 24.8 Å². The van der Waals surface area contributed by atoms with E-state index in [9.17, 15) is 18.3 Å². The highest BCUT2D eigenvalue weighted by atomic mass is 32.2. The number of likely N-dealkylation sites (tertiary alicyclic amines) is 1. The summed E-state index contributed by atoms with van der Waals surface area (Å²) in [4.78, 5) is 14.5. The molecule has 3 atom stereocenters. The number of sulfone groups is 1. The molecule has 0 spiro atoms. The summed E-state index contributed by atoms with van der Waals surface area (Å²) in [5.74, 6) is -0.217. The quantitative estimate of drug-likeness (QED) is 0.852. The molecule has 1 saturated heterocycles. The van der Waals surface area contributed by atoms with Gasteiger partial charge < -0.3 is 10.0 Å². The average molecular weight is 317 g/mol. The zero-order valence-corrected chi connectivity index (χ0v) is 14.0. The molecule has 0 aromatic heterocycles. The van der Waals surface area contributed by atoms with Crippen molar-refractivity contribution < 1.29 is 18.3 Å². The van der Waals surface area contributed by atoms with Gasteiger partial charge in [-0.15, -0.1) is 0 Å². The molecule has 0 radical (unpaired) electrons. The number of nitrogens with zero attached hydrogens (tertiary/aromatic N) is 1. The molecule has 1 aliphatic carbocycles. The first kappa shape index (κ1) is 16.7. The minimum absolute atomic E-state index is 0.00572. The second-order valence-corrected chi connectivity index (χ2v) is 9.57. The lowest BCUT2D eigenvalue weighted by atomic mass is 9.80. The molecule has 122 valence electrons. The topological polar surface area (TPSA) is 74.7 Å². The van der Waals surface area contributed by atoms with Crippen LogP contribution in [0.1, 0.15) is 52.4 Å². The number of aliphatic hydroxyl groups excluding tert-OH is 1. The summed E-state index contributed by atoms with van der Waals surface area (Å²) in [5, 5.41) is 10.2. The maximum atomic E-state index is 12.7. The van der Waals surface area contributed by atoms with Gasteiger partial charge in [0.15, 0.2) is 9.84 Å². The Balaban J connectivity index is 2.20. The lowest BCUT2D eigenvalue weighted by Crippen LogP contribution is -2.54. The second kappa shape index (κ2) is 5.88. The van der Waals surface area contributed by atoms with Crippen molar-refractivity contribution >= 4 is 15.7 Å². The fraction of sp³-hybridized carbons (Fsp3) is 0.933. The molecule has 1 amide bonds. The molecule has 3 unspecified atom stereocenters. The van der Waals surface area contributed by atoms with Gasteiger partial charge in [0.25, 0.3) is 0 Å². The van der Waals surface area contributed by atoms with E-state index in [0.29, 0.717) is 6.54 Å². The van der Waals surface area contributed by atoms with Crippen LogP contribution in [0.3, 0.4) is 0 Å². The minimum atomic E-state index is -3.46. The summed E-state index contributed by atoms with van der Waals surface area (Å²) >= 11 is 0. The number of aliphatic hydroxyl groups is 1. The Hall–Kier alpha value is -0.620. The molecule has 1 N–H and O–H groups in total. The predicted molar refractivity (Wildman–Crippen MR) is 81.6 cm³/mol. The van der Waals surface area contributed by atoms with Crippen LogP contribution in [0, 0.1) is 5.92 Å². The first-order valence-electron chi connectivity index (χ1n) is 7.85. The van der Waals surface area contributed by atoms with Crippen molar-refractivity contribution in [1.82, 2.24) is 4.90 Å². The van der Waals surface area contributed by atoms with Gasteiger partial charge in [0.1, 0.15) is 4.75 Å². The van der Waals surface area contributed by atoms with Gasteiger partial charge in [0.2, 0.25) is 5.91 Å².